The van der Waals surface area contributed by atoms with Gasteiger partial charge in [-0.3, -0.25) is 0 Å². The predicted molar refractivity (Wildman–Crippen MR) is 54.9 cm³/mol. The minimum Gasteiger partial charge on any atom is -0.444 e. The maximum atomic E-state index is 5.68. The number of hydrogen-bond donors (Lipinski definition) is 1. The number of oxazole rings is 1. The molecule has 0 aliphatic heterocycles. The van der Waals surface area contributed by atoms with E-state index in [9.17, 15) is 0 Å². The molecule has 2 N–H and O–H groups in total. The minimum absolute atomic E-state index is 0.426. The van der Waals surface area contributed by atoms with Crippen molar-refractivity contribution in [3.8, 4) is 0 Å². The molecule has 3 saturated carbocycles. The summed E-state index contributed by atoms with van der Waals surface area (Å²) in [5.74, 6) is 6.37. The summed E-state index contributed by atoms with van der Waals surface area (Å²) < 4.78 is 5.68. The van der Waals surface area contributed by atoms with Gasteiger partial charge in [-0.05, 0) is 42.9 Å². The molecule has 4 rings (SSSR count). The third kappa shape index (κ3) is 0.969. The van der Waals surface area contributed by atoms with Crippen molar-refractivity contribution in [3.05, 3.63) is 17.8 Å². The smallest absolute Gasteiger partial charge is 0.208 e. The Morgan fingerprint density at radius 2 is 2.07 bits per heavy atom. The van der Waals surface area contributed by atoms with E-state index >= 15 is 0 Å². The summed E-state index contributed by atoms with van der Waals surface area (Å²) in [5, 5.41) is 0. The van der Waals surface area contributed by atoms with Crippen LogP contribution in [0, 0.1) is 23.7 Å². The first-order valence-corrected chi connectivity index (χ1v) is 6.03. The van der Waals surface area contributed by atoms with E-state index in [0.717, 1.165) is 29.4 Å². The Hall–Kier alpha value is -0.830. The van der Waals surface area contributed by atoms with Crippen molar-refractivity contribution in [2.75, 3.05) is 0 Å². The van der Waals surface area contributed by atoms with Crippen molar-refractivity contribution in [1.29, 1.82) is 0 Å². The molecule has 80 valence electrons. The highest BCUT2D eigenvalue weighted by Crippen LogP contribution is 2.73. The first-order valence-electron chi connectivity index (χ1n) is 6.03. The highest BCUT2D eigenvalue weighted by atomic mass is 16.4. The van der Waals surface area contributed by atoms with E-state index in [1.54, 1.807) is 0 Å². The zero-order chi connectivity index (χ0) is 9.99. The number of nitrogens with zero attached hydrogens (tertiary/aromatic N) is 1. The molecule has 1 heterocycles. The number of aromatic nitrogens is 1. The molecule has 0 radical (unpaired) electrons. The Balaban J connectivity index is 1.61. The zero-order valence-corrected chi connectivity index (χ0v) is 8.73. The average molecular weight is 204 g/mol. The van der Waals surface area contributed by atoms with Gasteiger partial charge in [0.1, 0.15) is 5.76 Å². The van der Waals surface area contributed by atoms with Gasteiger partial charge in [0.15, 0.2) is 0 Å². The van der Waals surface area contributed by atoms with Crippen LogP contribution in [0.3, 0.4) is 0 Å². The van der Waals surface area contributed by atoms with Crippen LogP contribution in [0.1, 0.15) is 36.8 Å². The SMILES string of the molecule is NCc1ncc(C2C3C4CCC(C4)C23)o1. The fraction of sp³-hybridized carbons (Fsp3) is 0.750. The molecule has 3 aliphatic rings. The molecule has 4 atom stereocenters. The summed E-state index contributed by atoms with van der Waals surface area (Å²) in [6.45, 7) is 0.426. The van der Waals surface area contributed by atoms with Crippen LogP contribution in [0.25, 0.3) is 0 Å². The van der Waals surface area contributed by atoms with Gasteiger partial charge in [0, 0.05) is 5.92 Å². The first-order chi connectivity index (χ1) is 7.38. The molecule has 3 nitrogen and oxygen atoms in total. The fourth-order valence-corrected chi connectivity index (χ4v) is 4.28. The Morgan fingerprint density at radius 3 is 2.67 bits per heavy atom. The highest BCUT2D eigenvalue weighted by molar-refractivity contribution is 5.25. The number of nitrogens with two attached hydrogens (primary N) is 1. The van der Waals surface area contributed by atoms with Gasteiger partial charge in [-0.1, -0.05) is 0 Å². The van der Waals surface area contributed by atoms with Crippen LogP contribution in [0.2, 0.25) is 0 Å². The summed E-state index contributed by atoms with van der Waals surface area (Å²) in [4.78, 5) is 4.20. The lowest BCUT2D eigenvalue weighted by atomic mass is 10.0. The van der Waals surface area contributed by atoms with Crippen molar-refractivity contribution < 1.29 is 4.42 Å². The lowest BCUT2D eigenvalue weighted by Crippen LogP contribution is -1.97. The van der Waals surface area contributed by atoms with Gasteiger partial charge < -0.3 is 10.2 Å². The van der Waals surface area contributed by atoms with Gasteiger partial charge in [-0.25, -0.2) is 4.98 Å². The predicted octanol–water partition coefficient (Wildman–Crippen LogP) is 1.89. The second kappa shape index (κ2) is 2.64. The van der Waals surface area contributed by atoms with Crippen LogP contribution in [0.5, 0.6) is 0 Å². The maximum Gasteiger partial charge on any atom is 0.208 e. The van der Waals surface area contributed by atoms with Gasteiger partial charge in [-0.2, -0.15) is 0 Å². The number of rotatable bonds is 2. The van der Waals surface area contributed by atoms with E-state index in [1.807, 2.05) is 6.20 Å². The van der Waals surface area contributed by atoms with Crippen molar-refractivity contribution >= 4 is 0 Å². The summed E-state index contributed by atoms with van der Waals surface area (Å²) in [6, 6.07) is 0. The molecule has 3 heteroatoms. The van der Waals surface area contributed by atoms with Gasteiger partial charge >= 0.3 is 0 Å². The molecular formula is C12H16N2O. The highest BCUT2D eigenvalue weighted by Gasteiger charge is 2.66. The summed E-state index contributed by atoms with van der Waals surface area (Å²) >= 11 is 0. The van der Waals surface area contributed by atoms with E-state index in [0.29, 0.717) is 18.4 Å². The summed E-state index contributed by atoms with van der Waals surface area (Å²) in [5.41, 5.74) is 5.51. The lowest BCUT2D eigenvalue weighted by Gasteiger charge is -2.04. The molecule has 0 amide bonds. The molecule has 1 aromatic rings. The molecule has 15 heavy (non-hydrogen) atoms. The van der Waals surface area contributed by atoms with Crippen LogP contribution in [-0.2, 0) is 6.54 Å². The van der Waals surface area contributed by atoms with E-state index in [-0.39, 0.29) is 0 Å². The van der Waals surface area contributed by atoms with Crippen molar-refractivity contribution in [2.24, 2.45) is 29.4 Å². The quantitative estimate of drug-likeness (QED) is 0.800. The second-order valence-corrected chi connectivity index (χ2v) is 5.37. The van der Waals surface area contributed by atoms with E-state index in [1.165, 1.54) is 19.3 Å². The third-order valence-corrected chi connectivity index (χ3v) is 4.81. The van der Waals surface area contributed by atoms with Gasteiger partial charge in [0.25, 0.3) is 0 Å². The Bertz CT molecular complexity index is 384. The average Bonchev–Trinajstić information content (AvgIpc) is 2.72. The Morgan fingerprint density at radius 1 is 1.33 bits per heavy atom. The minimum atomic E-state index is 0.426. The Labute approximate surface area is 89.1 Å². The van der Waals surface area contributed by atoms with Crippen molar-refractivity contribution in [2.45, 2.75) is 31.7 Å². The third-order valence-electron chi connectivity index (χ3n) is 4.81. The van der Waals surface area contributed by atoms with Crippen LogP contribution in [-0.4, -0.2) is 4.98 Å². The molecule has 0 aromatic carbocycles. The topological polar surface area (TPSA) is 52.0 Å². The van der Waals surface area contributed by atoms with Crippen molar-refractivity contribution in [1.82, 2.24) is 4.98 Å². The molecule has 3 fully saturated rings. The fourth-order valence-electron chi connectivity index (χ4n) is 4.28. The maximum absolute atomic E-state index is 5.68. The lowest BCUT2D eigenvalue weighted by molar-refractivity contribution is 0.418. The standard InChI is InChI=1S/C12H16N2O/c13-4-9-14-5-8(15-9)12-10-6-1-2-7(3-6)11(10)12/h5-7,10-12H,1-4,13H2. The van der Waals surface area contributed by atoms with E-state index < -0.39 is 0 Å². The largest absolute Gasteiger partial charge is 0.444 e. The number of hydrogen-bond acceptors (Lipinski definition) is 3. The molecule has 0 spiro atoms. The molecule has 1 aromatic heterocycles. The monoisotopic (exact) mass is 204 g/mol. The van der Waals surface area contributed by atoms with Crippen LogP contribution < -0.4 is 5.73 Å². The molecule has 2 bridgehead atoms. The van der Waals surface area contributed by atoms with Gasteiger partial charge in [0.2, 0.25) is 5.89 Å². The zero-order valence-electron chi connectivity index (χ0n) is 8.73. The van der Waals surface area contributed by atoms with Crippen molar-refractivity contribution in [3.63, 3.8) is 0 Å². The number of fused-ring (bicyclic) bond motifs is 5. The molecule has 3 aliphatic carbocycles. The summed E-state index contributed by atoms with van der Waals surface area (Å²) in [7, 11) is 0. The Kier molecular flexibility index (Phi) is 1.47. The first kappa shape index (κ1) is 8.34. The molecule has 4 unspecified atom stereocenters. The second-order valence-electron chi connectivity index (χ2n) is 5.37. The van der Waals surface area contributed by atoms with E-state index in [2.05, 4.69) is 4.98 Å². The van der Waals surface area contributed by atoms with Crippen LogP contribution >= 0.6 is 0 Å². The molecule has 0 saturated heterocycles. The van der Waals surface area contributed by atoms with Crippen LogP contribution in [0.4, 0.5) is 0 Å². The summed E-state index contributed by atoms with van der Waals surface area (Å²) in [6.07, 6.45) is 6.31. The van der Waals surface area contributed by atoms with Gasteiger partial charge in [0.05, 0.1) is 12.7 Å². The molecular weight excluding hydrogens is 188 g/mol. The van der Waals surface area contributed by atoms with E-state index in [4.69, 9.17) is 10.2 Å². The normalized spacial score (nSPS) is 45.8. The van der Waals surface area contributed by atoms with Gasteiger partial charge in [-0.15, -0.1) is 0 Å². The van der Waals surface area contributed by atoms with Crippen LogP contribution in [0.15, 0.2) is 10.6 Å².